The SMILES string of the molecule is O=C(O)C(=O)CC(=O)N(CCCc1ccccc1)Cc1ccc2ccccc2c1. The molecule has 0 aliphatic heterocycles. The van der Waals surface area contributed by atoms with E-state index in [0.717, 1.165) is 29.2 Å². The van der Waals surface area contributed by atoms with E-state index in [1.807, 2.05) is 72.8 Å². The Labute approximate surface area is 169 Å². The summed E-state index contributed by atoms with van der Waals surface area (Å²) in [6, 6.07) is 23.9. The highest BCUT2D eigenvalue weighted by Crippen LogP contribution is 2.18. The van der Waals surface area contributed by atoms with Crippen LogP contribution in [0.3, 0.4) is 0 Å². The maximum absolute atomic E-state index is 12.6. The van der Waals surface area contributed by atoms with Crippen molar-refractivity contribution >= 4 is 28.4 Å². The molecule has 0 spiro atoms. The van der Waals surface area contributed by atoms with Crippen LogP contribution in [0.5, 0.6) is 0 Å². The summed E-state index contributed by atoms with van der Waals surface area (Å²) in [4.78, 5) is 36.6. The highest BCUT2D eigenvalue weighted by Gasteiger charge is 2.21. The van der Waals surface area contributed by atoms with Crippen LogP contribution in [0.15, 0.2) is 72.8 Å². The quantitative estimate of drug-likeness (QED) is 0.446. The first kappa shape index (κ1) is 20.3. The van der Waals surface area contributed by atoms with Crippen LogP contribution in [0.2, 0.25) is 0 Å². The number of benzene rings is 3. The number of nitrogens with zero attached hydrogens (tertiary/aromatic N) is 1. The molecule has 0 unspecified atom stereocenters. The van der Waals surface area contributed by atoms with Gasteiger partial charge in [0.2, 0.25) is 11.7 Å². The summed E-state index contributed by atoms with van der Waals surface area (Å²) in [5, 5.41) is 11.0. The third-order valence-electron chi connectivity index (χ3n) is 4.83. The number of Topliss-reactive ketones (excluding diaryl/α,β-unsaturated/α-hetero) is 1. The van der Waals surface area contributed by atoms with Crippen molar-refractivity contribution in [1.29, 1.82) is 0 Å². The molecule has 29 heavy (non-hydrogen) atoms. The Morgan fingerprint density at radius 1 is 0.793 bits per heavy atom. The third kappa shape index (κ3) is 5.75. The predicted molar refractivity (Wildman–Crippen MR) is 111 cm³/mol. The van der Waals surface area contributed by atoms with Crippen LogP contribution in [-0.2, 0) is 27.3 Å². The topological polar surface area (TPSA) is 74.7 Å². The van der Waals surface area contributed by atoms with Gasteiger partial charge in [0, 0.05) is 13.1 Å². The lowest BCUT2D eigenvalue weighted by atomic mass is 10.1. The van der Waals surface area contributed by atoms with Crippen LogP contribution in [-0.4, -0.2) is 34.2 Å². The van der Waals surface area contributed by atoms with Crippen molar-refractivity contribution in [3.8, 4) is 0 Å². The van der Waals surface area contributed by atoms with Gasteiger partial charge in [0.1, 0.15) is 0 Å². The van der Waals surface area contributed by atoms with E-state index >= 15 is 0 Å². The first-order valence-corrected chi connectivity index (χ1v) is 9.58. The fourth-order valence-corrected chi connectivity index (χ4v) is 3.29. The maximum Gasteiger partial charge on any atom is 0.372 e. The molecule has 0 saturated heterocycles. The number of rotatable bonds is 9. The summed E-state index contributed by atoms with van der Waals surface area (Å²) in [6.45, 7) is 0.790. The molecule has 0 bridgehead atoms. The molecule has 3 aromatic rings. The van der Waals surface area contributed by atoms with E-state index < -0.39 is 24.1 Å². The van der Waals surface area contributed by atoms with Gasteiger partial charge < -0.3 is 10.0 Å². The summed E-state index contributed by atoms with van der Waals surface area (Å²) < 4.78 is 0. The Balaban J connectivity index is 1.72. The molecule has 0 radical (unpaired) electrons. The molecule has 1 N–H and O–H groups in total. The Morgan fingerprint density at radius 2 is 1.48 bits per heavy atom. The summed E-state index contributed by atoms with van der Waals surface area (Å²) >= 11 is 0. The molecular formula is C24H23NO4. The average Bonchev–Trinajstić information content (AvgIpc) is 2.73. The fraction of sp³-hybridized carbons (Fsp3) is 0.208. The number of ketones is 1. The van der Waals surface area contributed by atoms with Gasteiger partial charge in [-0.1, -0.05) is 66.7 Å². The minimum Gasteiger partial charge on any atom is -0.475 e. The van der Waals surface area contributed by atoms with Gasteiger partial charge in [-0.05, 0) is 40.8 Å². The number of carbonyl (C=O) groups excluding carboxylic acids is 2. The van der Waals surface area contributed by atoms with Gasteiger partial charge in [0.25, 0.3) is 0 Å². The van der Waals surface area contributed by atoms with Crippen molar-refractivity contribution < 1.29 is 19.5 Å². The normalized spacial score (nSPS) is 10.6. The zero-order chi connectivity index (χ0) is 20.6. The molecule has 0 fully saturated rings. The number of fused-ring (bicyclic) bond motifs is 1. The van der Waals surface area contributed by atoms with Crippen LogP contribution in [0.25, 0.3) is 10.8 Å². The average molecular weight is 389 g/mol. The number of aliphatic carboxylic acids is 1. The van der Waals surface area contributed by atoms with Crippen molar-refractivity contribution in [1.82, 2.24) is 4.90 Å². The summed E-state index contributed by atoms with van der Waals surface area (Å²) in [7, 11) is 0. The first-order chi connectivity index (χ1) is 14.0. The maximum atomic E-state index is 12.6. The van der Waals surface area contributed by atoms with Crippen LogP contribution >= 0.6 is 0 Å². The van der Waals surface area contributed by atoms with Crippen molar-refractivity contribution in [2.24, 2.45) is 0 Å². The lowest BCUT2D eigenvalue weighted by Gasteiger charge is -2.23. The van der Waals surface area contributed by atoms with Gasteiger partial charge in [0.05, 0.1) is 6.42 Å². The zero-order valence-electron chi connectivity index (χ0n) is 16.1. The number of hydrogen-bond donors (Lipinski definition) is 1. The molecule has 0 saturated carbocycles. The van der Waals surface area contributed by atoms with Gasteiger partial charge in [-0.3, -0.25) is 9.59 Å². The smallest absolute Gasteiger partial charge is 0.372 e. The van der Waals surface area contributed by atoms with Crippen molar-refractivity contribution in [3.05, 3.63) is 83.9 Å². The largest absolute Gasteiger partial charge is 0.475 e. The Morgan fingerprint density at radius 3 is 2.21 bits per heavy atom. The molecule has 3 aromatic carbocycles. The number of carboxylic acid groups (broad SMARTS) is 1. The molecule has 5 heteroatoms. The second kappa shape index (κ2) is 9.64. The second-order valence-corrected chi connectivity index (χ2v) is 6.99. The molecule has 0 aliphatic rings. The number of carboxylic acids is 1. The van der Waals surface area contributed by atoms with E-state index in [4.69, 9.17) is 5.11 Å². The van der Waals surface area contributed by atoms with Gasteiger partial charge in [-0.25, -0.2) is 4.79 Å². The molecular weight excluding hydrogens is 366 g/mol. The summed E-state index contributed by atoms with van der Waals surface area (Å²) in [6.07, 6.45) is 0.911. The molecule has 1 amide bonds. The van der Waals surface area contributed by atoms with Crippen molar-refractivity contribution in [2.45, 2.75) is 25.8 Å². The van der Waals surface area contributed by atoms with E-state index in [1.54, 1.807) is 4.90 Å². The number of carbonyl (C=O) groups is 3. The Kier molecular flexibility index (Phi) is 6.74. The lowest BCUT2D eigenvalue weighted by Crippen LogP contribution is -2.34. The fourth-order valence-electron chi connectivity index (χ4n) is 3.29. The van der Waals surface area contributed by atoms with E-state index in [9.17, 15) is 14.4 Å². The van der Waals surface area contributed by atoms with Crippen LogP contribution in [0.1, 0.15) is 24.0 Å². The monoisotopic (exact) mass is 389 g/mol. The summed E-state index contributed by atoms with van der Waals surface area (Å²) in [5.41, 5.74) is 2.12. The minimum atomic E-state index is -1.58. The standard InChI is InChI=1S/C24H23NO4/c26-22(24(28)29)16-23(27)25(14-6-9-18-7-2-1-3-8-18)17-19-12-13-20-10-4-5-11-21(20)15-19/h1-5,7-8,10-13,15H,6,9,14,16-17H2,(H,28,29). The molecule has 0 aliphatic carbocycles. The van der Waals surface area contributed by atoms with E-state index in [2.05, 4.69) is 0 Å². The molecule has 0 aromatic heterocycles. The summed E-state index contributed by atoms with van der Waals surface area (Å²) in [5.74, 6) is -3.12. The number of aryl methyl sites for hydroxylation is 1. The van der Waals surface area contributed by atoms with Gasteiger partial charge in [-0.2, -0.15) is 0 Å². The van der Waals surface area contributed by atoms with Crippen LogP contribution < -0.4 is 0 Å². The van der Waals surface area contributed by atoms with E-state index in [1.165, 1.54) is 5.56 Å². The van der Waals surface area contributed by atoms with E-state index in [0.29, 0.717) is 13.1 Å². The minimum absolute atomic E-state index is 0.339. The Hall–Kier alpha value is -3.47. The molecule has 148 valence electrons. The zero-order valence-corrected chi connectivity index (χ0v) is 16.1. The number of hydrogen-bond acceptors (Lipinski definition) is 3. The lowest BCUT2D eigenvalue weighted by molar-refractivity contribution is -0.151. The Bertz CT molecular complexity index is 1010. The first-order valence-electron chi connectivity index (χ1n) is 9.58. The van der Waals surface area contributed by atoms with Gasteiger partial charge >= 0.3 is 5.97 Å². The highest BCUT2D eigenvalue weighted by atomic mass is 16.4. The molecule has 3 rings (SSSR count). The predicted octanol–water partition coefficient (Wildman–Crippen LogP) is 3.85. The van der Waals surface area contributed by atoms with Crippen LogP contribution in [0, 0.1) is 0 Å². The number of amides is 1. The highest BCUT2D eigenvalue weighted by molar-refractivity contribution is 6.36. The molecule has 5 nitrogen and oxygen atoms in total. The van der Waals surface area contributed by atoms with E-state index in [-0.39, 0.29) is 0 Å². The molecule has 0 heterocycles. The van der Waals surface area contributed by atoms with Crippen LogP contribution in [0.4, 0.5) is 0 Å². The molecule has 0 atom stereocenters. The third-order valence-corrected chi connectivity index (χ3v) is 4.83. The second-order valence-electron chi connectivity index (χ2n) is 6.99. The van der Waals surface area contributed by atoms with Gasteiger partial charge in [-0.15, -0.1) is 0 Å². The van der Waals surface area contributed by atoms with Gasteiger partial charge in [0.15, 0.2) is 0 Å². The van der Waals surface area contributed by atoms with Crippen molar-refractivity contribution in [3.63, 3.8) is 0 Å². The van der Waals surface area contributed by atoms with Crippen molar-refractivity contribution in [2.75, 3.05) is 6.54 Å².